The van der Waals surface area contributed by atoms with Crippen LogP contribution in [-0.2, 0) is 4.74 Å². The number of esters is 1. The highest BCUT2D eigenvalue weighted by atomic mass is 16.5. The molecule has 0 bridgehead atoms. The molecule has 0 aliphatic heterocycles. The molecule has 1 amide bonds. The molecule has 1 aromatic carbocycles. The zero-order valence-electron chi connectivity index (χ0n) is 14.6. The summed E-state index contributed by atoms with van der Waals surface area (Å²) in [6.07, 6.45) is 2.87. The minimum absolute atomic E-state index is 0.0359. The molecule has 0 unspecified atom stereocenters. The normalized spacial score (nSPS) is 10.3. The van der Waals surface area contributed by atoms with E-state index in [9.17, 15) is 14.9 Å². The van der Waals surface area contributed by atoms with Crippen molar-refractivity contribution >= 4 is 23.3 Å². The first-order chi connectivity index (χ1) is 13.0. The van der Waals surface area contributed by atoms with E-state index < -0.39 is 11.9 Å². The van der Waals surface area contributed by atoms with Crippen LogP contribution < -0.4 is 11.1 Å². The number of benzene rings is 1. The fraction of sp³-hybridized carbons (Fsp3) is 0.105. The van der Waals surface area contributed by atoms with Crippen molar-refractivity contribution in [3.05, 3.63) is 65.4 Å². The second-order valence-electron chi connectivity index (χ2n) is 5.71. The molecule has 0 aliphatic rings. The molecule has 3 aromatic rings. The second kappa shape index (κ2) is 7.09. The summed E-state index contributed by atoms with van der Waals surface area (Å²) in [7, 11) is 1.23. The SMILES string of the molecule is COC(=O)c1c(N)c(C#N)cn1-c1cc(NC(=O)c2ccco2)ccc1C. The van der Waals surface area contributed by atoms with E-state index in [-0.39, 0.29) is 22.7 Å². The Kier molecular flexibility index (Phi) is 4.68. The minimum Gasteiger partial charge on any atom is -0.464 e. The van der Waals surface area contributed by atoms with Gasteiger partial charge in [-0.05, 0) is 36.8 Å². The largest absolute Gasteiger partial charge is 0.464 e. The van der Waals surface area contributed by atoms with Crippen LogP contribution >= 0.6 is 0 Å². The molecular weight excluding hydrogens is 348 g/mol. The van der Waals surface area contributed by atoms with Crippen LogP contribution in [0.15, 0.2) is 47.2 Å². The fourth-order valence-corrected chi connectivity index (χ4v) is 2.65. The monoisotopic (exact) mass is 364 g/mol. The van der Waals surface area contributed by atoms with Crippen LogP contribution in [-0.4, -0.2) is 23.6 Å². The minimum atomic E-state index is -0.668. The van der Waals surface area contributed by atoms with E-state index in [0.717, 1.165) is 5.56 Å². The molecule has 0 saturated heterocycles. The number of aryl methyl sites for hydroxylation is 1. The Morgan fingerprint density at radius 1 is 1.33 bits per heavy atom. The molecular formula is C19H16N4O4. The Labute approximate surface area is 154 Å². The molecule has 27 heavy (non-hydrogen) atoms. The molecule has 0 radical (unpaired) electrons. The molecule has 136 valence electrons. The first kappa shape index (κ1) is 17.8. The summed E-state index contributed by atoms with van der Waals surface area (Å²) in [5.41, 5.74) is 8.03. The summed E-state index contributed by atoms with van der Waals surface area (Å²) in [6, 6.07) is 10.3. The van der Waals surface area contributed by atoms with Crippen LogP contribution in [0, 0.1) is 18.3 Å². The summed E-state index contributed by atoms with van der Waals surface area (Å²) < 4.78 is 11.3. The van der Waals surface area contributed by atoms with Crippen molar-refractivity contribution in [3.8, 4) is 11.8 Å². The molecule has 0 fully saturated rings. The number of nitrogen functional groups attached to an aromatic ring is 1. The highest BCUT2D eigenvalue weighted by molar-refractivity contribution is 6.02. The van der Waals surface area contributed by atoms with Gasteiger partial charge in [0.15, 0.2) is 11.5 Å². The van der Waals surface area contributed by atoms with Crippen molar-refractivity contribution in [3.63, 3.8) is 0 Å². The number of rotatable bonds is 4. The lowest BCUT2D eigenvalue weighted by molar-refractivity contribution is 0.0593. The molecule has 0 spiro atoms. The number of hydrogen-bond donors (Lipinski definition) is 2. The second-order valence-corrected chi connectivity index (χ2v) is 5.71. The lowest BCUT2D eigenvalue weighted by Gasteiger charge is -2.13. The highest BCUT2D eigenvalue weighted by Gasteiger charge is 2.22. The highest BCUT2D eigenvalue weighted by Crippen LogP contribution is 2.28. The Morgan fingerprint density at radius 2 is 2.11 bits per heavy atom. The summed E-state index contributed by atoms with van der Waals surface area (Å²) in [6.45, 7) is 1.83. The smallest absolute Gasteiger partial charge is 0.357 e. The number of anilines is 2. The maximum absolute atomic E-state index is 12.2. The van der Waals surface area contributed by atoms with Gasteiger partial charge in [0.2, 0.25) is 0 Å². The van der Waals surface area contributed by atoms with Gasteiger partial charge in [0.1, 0.15) is 6.07 Å². The number of furan rings is 1. The van der Waals surface area contributed by atoms with Crippen LogP contribution in [0.5, 0.6) is 0 Å². The molecule has 0 saturated carbocycles. The van der Waals surface area contributed by atoms with Crippen molar-refractivity contribution in [2.24, 2.45) is 0 Å². The van der Waals surface area contributed by atoms with E-state index in [1.807, 2.05) is 13.0 Å². The summed E-state index contributed by atoms with van der Waals surface area (Å²) >= 11 is 0. The van der Waals surface area contributed by atoms with E-state index in [4.69, 9.17) is 14.9 Å². The quantitative estimate of drug-likeness (QED) is 0.686. The lowest BCUT2D eigenvalue weighted by atomic mass is 10.1. The summed E-state index contributed by atoms with van der Waals surface area (Å²) in [4.78, 5) is 24.4. The molecule has 8 heteroatoms. The van der Waals surface area contributed by atoms with Gasteiger partial charge in [0.05, 0.1) is 30.3 Å². The standard InChI is InChI=1S/C19H16N4O4/c1-11-5-6-13(22-18(24)15-4-3-7-27-15)8-14(11)23-10-12(9-20)16(21)17(23)19(25)26-2/h3-8,10H,21H2,1-2H3,(H,22,24). The van der Waals surface area contributed by atoms with Crippen LogP contribution in [0.4, 0.5) is 11.4 Å². The van der Waals surface area contributed by atoms with E-state index in [1.165, 1.54) is 24.1 Å². The van der Waals surface area contributed by atoms with Gasteiger partial charge in [-0.25, -0.2) is 4.79 Å². The van der Waals surface area contributed by atoms with Gasteiger partial charge in [-0.1, -0.05) is 6.07 Å². The third kappa shape index (κ3) is 3.26. The average Bonchev–Trinajstić information content (AvgIpc) is 3.30. The maximum Gasteiger partial charge on any atom is 0.357 e. The van der Waals surface area contributed by atoms with E-state index in [2.05, 4.69) is 5.32 Å². The predicted octanol–water partition coefficient (Wildman–Crippen LogP) is 2.87. The van der Waals surface area contributed by atoms with Crippen molar-refractivity contribution in [2.45, 2.75) is 6.92 Å². The Balaban J connectivity index is 2.06. The van der Waals surface area contributed by atoms with Crippen molar-refractivity contribution in [2.75, 3.05) is 18.2 Å². The molecule has 2 heterocycles. The Hall–Kier alpha value is -3.99. The number of nitrogens with two attached hydrogens (primary N) is 1. The van der Waals surface area contributed by atoms with Crippen LogP contribution in [0.1, 0.15) is 32.2 Å². The van der Waals surface area contributed by atoms with Crippen LogP contribution in [0.3, 0.4) is 0 Å². The van der Waals surface area contributed by atoms with Crippen molar-refractivity contribution in [1.82, 2.24) is 4.57 Å². The molecule has 0 atom stereocenters. The Morgan fingerprint density at radius 3 is 2.74 bits per heavy atom. The number of nitrogens with one attached hydrogen (secondary N) is 1. The van der Waals surface area contributed by atoms with Crippen LogP contribution in [0.2, 0.25) is 0 Å². The number of nitrogens with zero attached hydrogens (tertiary/aromatic N) is 2. The van der Waals surface area contributed by atoms with Gasteiger partial charge in [-0.2, -0.15) is 5.26 Å². The summed E-state index contributed by atoms with van der Waals surface area (Å²) in [5, 5.41) is 12.0. The number of methoxy groups -OCH3 is 1. The van der Waals surface area contributed by atoms with E-state index >= 15 is 0 Å². The summed E-state index contributed by atoms with van der Waals surface area (Å²) in [5.74, 6) is -0.907. The molecule has 2 aromatic heterocycles. The lowest BCUT2D eigenvalue weighted by Crippen LogP contribution is -2.13. The zero-order chi connectivity index (χ0) is 19.6. The van der Waals surface area contributed by atoms with Gasteiger partial charge < -0.3 is 24.8 Å². The fourth-order valence-electron chi connectivity index (χ4n) is 2.65. The third-order valence-corrected chi connectivity index (χ3v) is 4.02. The number of ether oxygens (including phenoxy) is 1. The first-order valence-electron chi connectivity index (χ1n) is 7.91. The number of aromatic nitrogens is 1. The molecule has 3 N–H and O–H groups in total. The van der Waals surface area contributed by atoms with Crippen molar-refractivity contribution < 1.29 is 18.7 Å². The topological polar surface area (TPSA) is 123 Å². The molecule has 8 nitrogen and oxygen atoms in total. The molecule has 3 rings (SSSR count). The zero-order valence-corrected chi connectivity index (χ0v) is 14.6. The van der Waals surface area contributed by atoms with Crippen LogP contribution in [0.25, 0.3) is 5.69 Å². The number of amides is 1. The average molecular weight is 364 g/mol. The third-order valence-electron chi connectivity index (χ3n) is 4.02. The van der Waals surface area contributed by atoms with Gasteiger partial charge in [-0.15, -0.1) is 0 Å². The number of carbonyl (C=O) groups excluding carboxylic acids is 2. The van der Waals surface area contributed by atoms with E-state index in [0.29, 0.717) is 11.4 Å². The first-order valence-corrected chi connectivity index (χ1v) is 7.91. The Bertz CT molecular complexity index is 1060. The maximum atomic E-state index is 12.2. The number of hydrogen-bond acceptors (Lipinski definition) is 6. The van der Waals surface area contributed by atoms with Gasteiger partial charge >= 0.3 is 5.97 Å². The van der Waals surface area contributed by atoms with Gasteiger partial charge in [-0.3, -0.25) is 4.79 Å². The molecule has 0 aliphatic carbocycles. The van der Waals surface area contributed by atoms with Gasteiger partial charge in [0.25, 0.3) is 5.91 Å². The van der Waals surface area contributed by atoms with Crippen molar-refractivity contribution in [1.29, 1.82) is 5.26 Å². The van der Waals surface area contributed by atoms with E-state index in [1.54, 1.807) is 30.3 Å². The number of nitriles is 1. The van der Waals surface area contributed by atoms with Gasteiger partial charge in [0, 0.05) is 11.9 Å². The predicted molar refractivity (Wildman–Crippen MR) is 97.6 cm³/mol. The number of carbonyl (C=O) groups is 2.